The molecule has 25 heavy (non-hydrogen) atoms. The van der Waals surface area contributed by atoms with Crippen molar-refractivity contribution in [3.8, 4) is 0 Å². The van der Waals surface area contributed by atoms with Crippen LogP contribution in [0.25, 0.3) is 0 Å². The van der Waals surface area contributed by atoms with E-state index < -0.39 is 11.7 Å². The number of carbonyl (C=O) groups is 2. The molecule has 1 heterocycles. The van der Waals surface area contributed by atoms with Crippen LogP contribution in [0, 0.1) is 5.92 Å². The summed E-state index contributed by atoms with van der Waals surface area (Å²) in [7, 11) is 0. The average Bonchev–Trinajstić information content (AvgIpc) is 2.55. The van der Waals surface area contributed by atoms with Crippen LogP contribution in [-0.4, -0.2) is 39.5 Å². The van der Waals surface area contributed by atoms with E-state index in [9.17, 15) is 9.59 Å². The van der Waals surface area contributed by atoms with Crippen molar-refractivity contribution >= 4 is 23.8 Å². The van der Waals surface area contributed by atoms with Crippen LogP contribution >= 0.6 is 11.8 Å². The first kappa shape index (κ1) is 19.8. The van der Waals surface area contributed by atoms with Crippen LogP contribution in [0.15, 0.2) is 30.3 Å². The van der Waals surface area contributed by atoms with Gasteiger partial charge in [-0.2, -0.15) is 0 Å². The largest absolute Gasteiger partial charge is 0.443 e. The summed E-state index contributed by atoms with van der Waals surface area (Å²) >= 11 is 1.66. The lowest BCUT2D eigenvalue weighted by molar-refractivity contribution is -0.133. The quantitative estimate of drug-likeness (QED) is 0.789. The van der Waals surface area contributed by atoms with E-state index in [0.717, 1.165) is 17.7 Å². The molecule has 1 aliphatic heterocycles. The maximum atomic E-state index is 13.1. The van der Waals surface area contributed by atoms with Crippen molar-refractivity contribution in [2.75, 3.05) is 5.75 Å². The summed E-state index contributed by atoms with van der Waals surface area (Å²) in [5, 5.41) is -0.241. The minimum absolute atomic E-state index is 0.107. The monoisotopic (exact) mass is 363 g/mol. The second-order valence-corrected chi connectivity index (χ2v) is 8.89. The number of hydrogen-bond donors (Lipinski definition) is 0. The second-order valence-electron chi connectivity index (χ2n) is 7.65. The zero-order valence-corrected chi connectivity index (χ0v) is 16.6. The molecule has 3 unspecified atom stereocenters. The standard InChI is InChI=1S/C20H29NO3S/c1-6-14(2)16-13-25-17(12-15-10-8-7-9-11-15)18(22)21(16)19(23)24-20(3,4)5/h7-11,14,16-17H,6,12-13H2,1-5H3. The molecule has 0 radical (unpaired) electrons. The average molecular weight is 364 g/mol. The predicted molar refractivity (Wildman–Crippen MR) is 103 cm³/mol. The van der Waals surface area contributed by atoms with Gasteiger partial charge in [0, 0.05) is 5.75 Å². The highest BCUT2D eigenvalue weighted by Crippen LogP contribution is 2.32. The minimum Gasteiger partial charge on any atom is -0.443 e. The summed E-state index contributed by atoms with van der Waals surface area (Å²) in [5.41, 5.74) is 0.496. The molecule has 0 saturated carbocycles. The van der Waals surface area contributed by atoms with Crippen molar-refractivity contribution in [1.29, 1.82) is 0 Å². The Bertz CT molecular complexity index is 597. The second kappa shape index (κ2) is 8.26. The van der Waals surface area contributed by atoms with Gasteiger partial charge >= 0.3 is 6.09 Å². The molecule has 5 heteroatoms. The third-order valence-electron chi connectivity index (χ3n) is 4.47. The van der Waals surface area contributed by atoms with Gasteiger partial charge in [0.05, 0.1) is 11.3 Å². The van der Waals surface area contributed by atoms with Crippen molar-refractivity contribution in [3.05, 3.63) is 35.9 Å². The van der Waals surface area contributed by atoms with Crippen LogP contribution in [0.5, 0.6) is 0 Å². The van der Waals surface area contributed by atoms with Crippen LogP contribution in [0.4, 0.5) is 4.79 Å². The molecule has 2 amide bonds. The Kier molecular flexibility index (Phi) is 6.55. The zero-order valence-electron chi connectivity index (χ0n) is 15.8. The third-order valence-corrected chi connectivity index (χ3v) is 5.77. The number of rotatable bonds is 4. The summed E-state index contributed by atoms with van der Waals surface area (Å²) in [6, 6.07) is 9.84. The van der Waals surface area contributed by atoms with E-state index in [1.165, 1.54) is 4.90 Å². The van der Waals surface area contributed by atoms with Crippen molar-refractivity contribution < 1.29 is 14.3 Å². The predicted octanol–water partition coefficient (Wildman–Crippen LogP) is 4.52. The van der Waals surface area contributed by atoms with Crippen molar-refractivity contribution in [3.63, 3.8) is 0 Å². The Balaban J connectivity index is 2.21. The number of nitrogens with zero attached hydrogens (tertiary/aromatic N) is 1. The summed E-state index contributed by atoms with van der Waals surface area (Å²) in [6.45, 7) is 9.66. The molecule has 0 spiro atoms. The lowest BCUT2D eigenvalue weighted by atomic mass is 9.98. The minimum atomic E-state index is -0.614. The van der Waals surface area contributed by atoms with E-state index in [4.69, 9.17) is 4.74 Å². The highest BCUT2D eigenvalue weighted by molar-refractivity contribution is 8.00. The topological polar surface area (TPSA) is 46.6 Å². The van der Waals surface area contributed by atoms with Gasteiger partial charge in [-0.25, -0.2) is 9.69 Å². The molecule has 2 rings (SSSR count). The lowest BCUT2D eigenvalue weighted by Crippen LogP contribution is -2.56. The van der Waals surface area contributed by atoms with Crippen molar-refractivity contribution in [2.24, 2.45) is 5.92 Å². The van der Waals surface area contributed by atoms with E-state index in [1.807, 2.05) is 51.1 Å². The van der Waals surface area contributed by atoms with Gasteiger partial charge in [0.15, 0.2) is 0 Å². The molecule has 1 saturated heterocycles. The summed E-state index contributed by atoms with van der Waals surface area (Å²) in [5.74, 6) is 0.888. The smallest absolute Gasteiger partial charge is 0.417 e. The summed E-state index contributed by atoms with van der Waals surface area (Å²) < 4.78 is 5.53. The molecule has 1 fully saturated rings. The van der Waals surface area contributed by atoms with Crippen LogP contribution in [0.3, 0.4) is 0 Å². The molecule has 3 atom stereocenters. The Morgan fingerprint density at radius 2 is 1.96 bits per heavy atom. The van der Waals surface area contributed by atoms with Crippen LogP contribution in [0.2, 0.25) is 0 Å². The molecular formula is C20H29NO3S. The number of benzene rings is 1. The van der Waals surface area contributed by atoms with Gasteiger partial charge in [-0.05, 0) is 38.7 Å². The number of imide groups is 1. The normalized spacial score (nSPS) is 22.6. The highest BCUT2D eigenvalue weighted by atomic mass is 32.2. The van der Waals surface area contributed by atoms with E-state index >= 15 is 0 Å². The molecule has 0 bridgehead atoms. The van der Waals surface area contributed by atoms with Gasteiger partial charge in [0.25, 0.3) is 0 Å². The number of carbonyl (C=O) groups excluding carboxylic acids is 2. The summed E-state index contributed by atoms with van der Waals surface area (Å²) in [4.78, 5) is 27.2. The first-order valence-electron chi connectivity index (χ1n) is 8.94. The Hall–Kier alpha value is -1.49. The SMILES string of the molecule is CCC(C)C1CSC(Cc2ccccc2)C(=O)N1C(=O)OC(C)(C)C. The van der Waals surface area contributed by atoms with Gasteiger partial charge in [-0.3, -0.25) is 4.79 Å². The van der Waals surface area contributed by atoms with Gasteiger partial charge < -0.3 is 4.74 Å². The number of amides is 2. The fourth-order valence-corrected chi connectivity index (χ4v) is 4.35. The van der Waals surface area contributed by atoms with E-state index in [2.05, 4.69) is 13.8 Å². The molecule has 0 aromatic heterocycles. The van der Waals surface area contributed by atoms with Crippen molar-refractivity contribution in [1.82, 2.24) is 4.90 Å². The fraction of sp³-hybridized carbons (Fsp3) is 0.600. The van der Waals surface area contributed by atoms with Crippen LogP contribution < -0.4 is 0 Å². The molecule has 4 nitrogen and oxygen atoms in total. The van der Waals surface area contributed by atoms with E-state index in [1.54, 1.807) is 11.8 Å². The maximum absolute atomic E-state index is 13.1. The van der Waals surface area contributed by atoms with Crippen LogP contribution in [-0.2, 0) is 16.0 Å². The van der Waals surface area contributed by atoms with Crippen LogP contribution in [0.1, 0.15) is 46.6 Å². The van der Waals surface area contributed by atoms with Gasteiger partial charge in [0.2, 0.25) is 5.91 Å². The Labute approximate surface area is 155 Å². The first-order valence-corrected chi connectivity index (χ1v) is 9.99. The summed E-state index contributed by atoms with van der Waals surface area (Å²) in [6.07, 6.45) is 1.04. The lowest BCUT2D eigenvalue weighted by Gasteiger charge is -2.40. The van der Waals surface area contributed by atoms with Gasteiger partial charge in [0.1, 0.15) is 5.60 Å². The number of thioether (sulfide) groups is 1. The fourth-order valence-electron chi connectivity index (χ4n) is 2.88. The molecular weight excluding hydrogens is 334 g/mol. The zero-order chi connectivity index (χ0) is 18.6. The number of hydrogen-bond acceptors (Lipinski definition) is 4. The van der Waals surface area contributed by atoms with E-state index in [-0.39, 0.29) is 23.1 Å². The molecule has 1 aliphatic rings. The van der Waals surface area contributed by atoms with E-state index in [0.29, 0.717) is 6.42 Å². The molecule has 1 aromatic carbocycles. The third kappa shape index (κ3) is 5.24. The number of ether oxygens (including phenoxy) is 1. The molecule has 0 aliphatic carbocycles. The van der Waals surface area contributed by atoms with Gasteiger partial charge in [-0.1, -0.05) is 50.6 Å². The Morgan fingerprint density at radius 1 is 1.32 bits per heavy atom. The molecule has 138 valence electrons. The molecule has 1 aromatic rings. The highest BCUT2D eigenvalue weighted by Gasteiger charge is 2.43. The molecule has 0 N–H and O–H groups in total. The maximum Gasteiger partial charge on any atom is 0.417 e. The van der Waals surface area contributed by atoms with Crippen molar-refractivity contribution in [2.45, 2.75) is 64.4 Å². The Morgan fingerprint density at radius 3 is 2.52 bits per heavy atom. The van der Waals surface area contributed by atoms with Gasteiger partial charge in [-0.15, -0.1) is 11.8 Å². The first-order chi connectivity index (χ1) is 11.7.